The number of hydrogen-bond acceptors (Lipinski definition) is 12. The molecule has 0 radical (unpaired) electrons. The fraction of sp³-hybridized carbons (Fsp3) is 0.822. The molecule has 0 aromatic rings. The minimum Gasteiger partial charge on any atom is -0.462 e. The molecule has 6 N–H and O–H groups in total. The van der Waals surface area contributed by atoms with E-state index >= 15 is 0 Å². The molecule has 0 spiro atoms. The van der Waals surface area contributed by atoms with Crippen LogP contribution in [-0.2, 0) is 32.7 Å². The van der Waals surface area contributed by atoms with E-state index in [0.29, 0.717) is 12.8 Å². The highest BCUT2D eigenvalue weighted by atomic mass is 31.2. The van der Waals surface area contributed by atoms with Crippen LogP contribution >= 0.6 is 7.82 Å². The van der Waals surface area contributed by atoms with Gasteiger partial charge in [0.1, 0.15) is 43.2 Å². The maximum absolute atomic E-state index is 12.8. The standard InChI is InChI=1S/C45H81O13P/c1-3-5-7-9-11-13-15-17-18-19-20-22-23-25-27-29-31-33-38(46)55-35-37(36-56-59(53,54)58-45-43(51)41(49)40(48)42(50)44(45)52)57-39(47)34-32-30-28-26-24-21-16-14-12-10-8-6-4-2/h11,13,17-18,20,22,37,40-45,48-52H,3-10,12,14-16,19,21,23-36H2,1-2H3,(H,53,54). The van der Waals surface area contributed by atoms with Gasteiger partial charge in [0, 0.05) is 12.8 Å². The number of carbonyl (C=O) groups excluding carboxylic acids is 2. The predicted molar refractivity (Wildman–Crippen MR) is 230 cm³/mol. The minimum absolute atomic E-state index is 0.0940. The molecule has 1 saturated carbocycles. The molecule has 0 aliphatic heterocycles. The van der Waals surface area contributed by atoms with E-state index in [1.165, 1.54) is 70.6 Å². The quantitative estimate of drug-likeness (QED) is 0.0150. The van der Waals surface area contributed by atoms with Crippen molar-refractivity contribution in [3.8, 4) is 0 Å². The second-order valence-corrected chi connectivity index (χ2v) is 17.3. The Morgan fingerprint density at radius 3 is 1.42 bits per heavy atom. The van der Waals surface area contributed by atoms with Crippen LogP contribution in [0.4, 0.5) is 0 Å². The summed E-state index contributed by atoms with van der Waals surface area (Å²) in [5.41, 5.74) is 0. The van der Waals surface area contributed by atoms with Gasteiger partial charge in [-0.15, -0.1) is 0 Å². The molecule has 6 atom stereocenters. The summed E-state index contributed by atoms with van der Waals surface area (Å²) in [6, 6.07) is 0. The van der Waals surface area contributed by atoms with Crippen molar-refractivity contribution < 1.29 is 63.1 Å². The third-order valence-electron chi connectivity index (χ3n) is 10.5. The molecule has 1 aliphatic rings. The van der Waals surface area contributed by atoms with Crippen LogP contribution in [0.1, 0.15) is 181 Å². The number of rotatable bonds is 37. The Bertz CT molecular complexity index is 1180. The predicted octanol–water partition coefficient (Wildman–Crippen LogP) is 8.61. The maximum Gasteiger partial charge on any atom is 0.472 e. The Morgan fingerprint density at radius 1 is 0.525 bits per heavy atom. The summed E-state index contributed by atoms with van der Waals surface area (Å²) < 4.78 is 33.5. The average molecular weight is 861 g/mol. The van der Waals surface area contributed by atoms with E-state index in [1.54, 1.807) is 0 Å². The van der Waals surface area contributed by atoms with E-state index in [4.69, 9.17) is 18.5 Å². The summed E-state index contributed by atoms with van der Waals surface area (Å²) in [7, 11) is -5.12. The number of hydrogen-bond donors (Lipinski definition) is 6. The number of aliphatic hydroxyl groups is 5. The monoisotopic (exact) mass is 861 g/mol. The highest BCUT2D eigenvalue weighted by Crippen LogP contribution is 2.47. The molecule has 0 aromatic carbocycles. The Balaban J connectivity index is 2.48. The van der Waals surface area contributed by atoms with Gasteiger partial charge in [-0.25, -0.2) is 4.57 Å². The van der Waals surface area contributed by atoms with Crippen LogP contribution in [0.3, 0.4) is 0 Å². The molecule has 0 aromatic heterocycles. The number of carbonyl (C=O) groups is 2. The molecule has 0 amide bonds. The number of esters is 2. The van der Waals surface area contributed by atoms with E-state index in [0.717, 1.165) is 70.6 Å². The first-order valence-corrected chi connectivity index (χ1v) is 24.3. The van der Waals surface area contributed by atoms with Crippen LogP contribution < -0.4 is 0 Å². The van der Waals surface area contributed by atoms with Crippen molar-refractivity contribution in [2.45, 2.75) is 224 Å². The lowest BCUT2D eigenvalue weighted by Gasteiger charge is -2.41. The van der Waals surface area contributed by atoms with Gasteiger partial charge in [-0.05, 0) is 51.4 Å². The van der Waals surface area contributed by atoms with Crippen molar-refractivity contribution >= 4 is 19.8 Å². The van der Waals surface area contributed by atoms with Crippen molar-refractivity contribution in [2.24, 2.45) is 0 Å². The van der Waals surface area contributed by atoms with E-state index in [-0.39, 0.29) is 12.8 Å². The molecule has 59 heavy (non-hydrogen) atoms. The Morgan fingerprint density at radius 2 is 0.915 bits per heavy atom. The Kier molecular flexibility index (Phi) is 33.3. The van der Waals surface area contributed by atoms with Crippen molar-refractivity contribution in [3.63, 3.8) is 0 Å². The molecule has 344 valence electrons. The number of allylic oxidation sites excluding steroid dienone is 6. The number of unbranched alkanes of at least 4 members (excludes halogenated alkanes) is 19. The molecule has 1 rings (SSSR count). The second-order valence-electron chi connectivity index (χ2n) is 15.9. The first-order valence-electron chi connectivity index (χ1n) is 22.8. The first-order chi connectivity index (χ1) is 28.4. The summed E-state index contributed by atoms with van der Waals surface area (Å²) in [6.45, 7) is 3.25. The van der Waals surface area contributed by atoms with Crippen molar-refractivity contribution in [1.82, 2.24) is 0 Å². The van der Waals surface area contributed by atoms with Gasteiger partial charge in [-0.2, -0.15) is 0 Å². The average Bonchev–Trinajstić information content (AvgIpc) is 3.21. The fourth-order valence-corrected chi connectivity index (χ4v) is 7.74. The van der Waals surface area contributed by atoms with Crippen molar-refractivity contribution in [1.29, 1.82) is 0 Å². The zero-order valence-electron chi connectivity index (χ0n) is 36.3. The summed E-state index contributed by atoms with van der Waals surface area (Å²) in [4.78, 5) is 35.6. The first kappa shape index (κ1) is 55.1. The van der Waals surface area contributed by atoms with Gasteiger partial charge in [0.15, 0.2) is 6.10 Å². The number of phosphoric acid groups is 1. The highest BCUT2D eigenvalue weighted by Gasteiger charge is 2.51. The lowest BCUT2D eigenvalue weighted by molar-refractivity contribution is -0.220. The van der Waals surface area contributed by atoms with Crippen molar-refractivity contribution in [2.75, 3.05) is 13.2 Å². The molecule has 0 saturated heterocycles. The second kappa shape index (κ2) is 35.6. The van der Waals surface area contributed by atoms with E-state index in [2.05, 4.69) is 50.3 Å². The number of ether oxygens (including phenoxy) is 2. The third kappa shape index (κ3) is 28.3. The van der Waals surface area contributed by atoms with Crippen LogP contribution in [0, 0.1) is 0 Å². The highest BCUT2D eigenvalue weighted by molar-refractivity contribution is 7.47. The molecular weight excluding hydrogens is 779 g/mol. The molecule has 1 fully saturated rings. The van der Waals surface area contributed by atoms with Crippen LogP contribution in [0.5, 0.6) is 0 Å². The van der Waals surface area contributed by atoms with E-state index in [9.17, 15) is 44.6 Å². The molecular formula is C45H81O13P. The van der Waals surface area contributed by atoms with Crippen LogP contribution in [0.25, 0.3) is 0 Å². The SMILES string of the molecule is CCCCCC=CCC=CCC=CCCCCCCC(=O)OCC(COP(=O)(O)OC1C(O)C(O)C(O)C(O)C1O)OC(=O)CCCCCCCCCCCCCCC. The van der Waals surface area contributed by atoms with Crippen molar-refractivity contribution in [3.05, 3.63) is 36.5 Å². The topological polar surface area (TPSA) is 210 Å². The fourth-order valence-electron chi connectivity index (χ4n) is 6.76. The normalized spacial score (nSPS) is 22.6. The molecule has 13 nitrogen and oxygen atoms in total. The van der Waals surface area contributed by atoms with Gasteiger partial charge < -0.3 is 39.9 Å². The molecule has 0 heterocycles. The van der Waals surface area contributed by atoms with Crippen LogP contribution in [0.2, 0.25) is 0 Å². The zero-order chi connectivity index (χ0) is 43.6. The lowest BCUT2D eigenvalue weighted by atomic mass is 9.85. The van der Waals surface area contributed by atoms with Gasteiger partial charge in [-0.1, -0.05) is 153 Å². The Hall–Kier alpha value is -1.93. The zero-order valence-corrected chi connectivity index (χ0v) is 37.2. The van der Waals surface area contributed by atoms with Crippen LogP contribution in [0.15, 0.2) is 36.5 Å². The van der Waals surface area contributed by atoms with Gasteiger partial charge in [-0.3, -0.25) is 18.6 Å². The summed E-state index contributed by atoms with van der Waals surface area (Å²) in [6.07, 6.45) is 26.3. The summed E-state index contributed by atoms with van der Waals surface area (Å²) >= 11 is 0. The van der Waals surface area contributed by atoms with Gasteiger partial charge >= 0.3 is 19.8 Å². The molecule has 0 bridgehead atoms. The van der Waals surface area contributed by atoms with Gasteiger partial charge in [0.05, 0.1) is 6.61 Å². The maximum atomic E-state index is 12.8. The molecule has 14 heteroatoms. The molecule has 1 aliphatic carbocycles. The van der Waals surface area contributed by atoms with E-state index < -0.39 is 75.7 Å². The van der Waals surface area contributed by atoms with Gasteiger partial charge in [0.2, 0.25) is 0 Å². The summed E-state index contributed by atoms with van der Waals surface area (Å²) in [5.74, 6) is -1.12. The summed E-state index contributed by atoms with van der Waals surface area (Å²) in [5, 5.41) is 50.1. The third-order valence-corrected chi connectivity index (χ3v) is 11.5. The largest absolute Gasteiger partial charge is 0.472 e. The lowest BCUT2D eigenvalue weighted by Crippen LogP contribution is -2.64. The number of aliphatic hydroxyl groups excluding tert-OH is 5. The van der Waals surface area contributed by atoms with Gasteiger partial charge in [0.25, 0.3) is 0 Å². The minimum atomic E-state index is -5.12. The Labute approximate surface area is 355 Å². The smallest absolute Gasteiger partial charge is 0.462 e. The van der Waals surface area contributed by atoms with E-state index in [1.807, 2.05) is 0 Å². The van der Waals surface area contributed by atoms with Crippen LogP contribution in [-0.4, -0.2) is 98.3 Å². The number of phosphoric ester groups is 1. The molecule has 6 unspecified atom stereocenters.